The SMILES string of the molecule is C=Cc1[nH]c2ccccc2c1/C=C\C.CC.CCC.[Ar]. The minimum Gasteiger partial charge on any atom is -0.355 e. The van der Waals surface area contributed by atoms with Gasteiger partial charge in [-0.2, -0.15) is 0 Å². The van der Waals surface area contributed by atoms with Gasteiger partial charge in [0, 0.05) is 59.9 Å². The van der Waals surface area contributed by atoms with Gasteiger partial charge in [-0.25, -0.2) is 0 Å². The average molecular weight is 297 g/mol. The van der Waals surface area contributed by atoms with Crippen molar-refractivity contribution in [2.45, 2.75) is 41.0 Å². The molecule has 2 heteroatoms. The molecule has 0 amide bonds. The van der Waals surface area contributed by atoms with Crippen LogP contribution in [0.1, 0.15) is 52.3 Å². The molecule has 20 heavy (non-hydrogen) atoms. The normalized spacial score (nSPS) is 9.05. The van der Waals surface area contributed by atoms with Gasteiger partial charge in [-0.1, -0.05) is 71.0 Å². The van der Waals surface area contributed by atoms with E-state index in [1.807, 2.05) is 39.0 Å². The first kappa shape index (κ1) is 21.8. The topological polar surface area (TPSA) is 15.8 Å². The van der Waals surface area contributed by atoms with Crippen molar-refractivity contribution in [1.82, 2.24) is 4.98 Å². The maximum atomic E-state index is 3.80. The predicted molar refractivity (Wildman–Crippen MR) is 90.4 cm³/mol. The summed E-state index contributed by atoms with van der Waals surface area (Å²) in [6.45, 7) is 14.1. The molecule has 0 fully saturated rings. The van der Waals surface area contributed by atoms with Crippen molar-refractivity contribution in [3.63, 3.8) is 0 Å². The van der Waals surface area contributed by atoms with Gasteiger partial charge in [0.1, 0.15) is 0 Å². The van der Waals surface area contributed by atoms with E-state index in [0.29, 0.717) is 0 Å². The van der Waals surface area contributed by atoms with Gasteiger partial charge in [-0.05, 0) is 19.1 Å². The number of benzene rings is 1. The molecule has 1 aromatic heterocycles. The smallest absolute Gasteiger partial charge is 0.0464 e. The third-order valence-corrected chi connectivity index (χ3v) is 2.31. The maximum Gasteiger partial charge on any atom is 0.0464 e. The number of allylic oxidation sites excluding steroid dienone is 1. The Labute approximate surface area is 154 Å². The summed E-state index contributed by atoms with van der Waals surface area (Å²) in [6, 6.07) is 8.28. The second-order valence-electron chi connectivity index (χ2n) is 3.91. The number of nitrogens with one attached hydrogen (secondary N) is 1. The van der Waals surface area contributed by atoms with Crippen molar-refractivity contribution in [3.8, 4) is 0 Å². The Morgan fingerprint density at radius 2 is 1.70 bits per heavy atom. The van der Waals surface area contributed by atoms with Crippen LogP contribution in [0.15, 0.2) is 36.9 Å². The minimum absolute atomic E-state index is 0. The molecule has 2 rings (SSSR count). The van der Waals surface area contributed by atoms with Gasteiger partial charge in [-0.3, -0.25) is 0 Å². The predicted octanol–water partition coefficient (Wildman–Crippen LogP) is 6.29. The van der Waals surface area contributed by atoms with Crippen molar-refractivity contribution in [2.75, 3.05) is 0 Å². The molecule has 0 bridgehead atoms. The Kier molecular flexibility index (Phi) is 14.7. The number of fused-ring (bicyclic) bond motifs is 1. The molecule has 0 spiro atoms. The van der Waals surface area contributed by atoms with Gasteiger partial charge in [0.05, 0.1) is 0 Å². The standard InChI is InChI=1S/C13H13N.C3H8.C2H6.Ar/c1-3-7-10-11-8-5-6-9-13(11)14-12(10)4-2;1-3-2;1-2;/h3-9,14H,2H2,1H3;3H2,1-2H3;1-2H3;/b7-3-;;;. The number of aromatic nitrogens is 1. The molecule has 0 atom stereocenters. The molecule has 1 aromatic carbocycles. The first-order chi connectivity index (χ1) is 9.28. The maximum absolute atomic E-state index is 3.80. The number of para-hydroxylation sites is 1. The summed E-state index contributed by atoms with van der Waals surface area (Å²) in [5.74, 6) is 0. The summed E-state index contributed by atoms with van der Waals surface area (Å²) in [7, 11) is 0. The van der Waals surface area contributed by atoms with Crippen LogP contribution in [-0.2, 0) is 0 Å². The molecule has 0 aliphatic rings. The fourth-order valence-corrected chi connectivity index (χ4v) is 1.69. The van der Waals surface area contributed by atoms with Crippen LogP contribution < -0.4 is 0 Å². The molecule has 0 unspecified atom stereocenters. The zero-order valence-electron chi connectivity index (χ0n) is 13.3. The Morgan fingerprint density at radius 1 is 1.15 bits per heavy atom. The number of hydrogen-bond acceptors (Lipinski definition) is 0. The van der Waals surface area contributed by atoms with Crippen LogP contribution in [0.5, 0.6) is 0 Å². The summed E-state index contributed by atoms with van der Waals surface area (Å²) in [5.41, 5.74) is 3.47. The summed E-state index contributed by atoms with van der Waals surface area (Å²) in [4.78, 5) is 3.33. The van der Waals surface area contributed by atoms with Crippen LogP contribution in [0.4, 0.5) is 0 Å². The fraction of sp³-hybridized carbons (Fsp3) is 0.333. The number of rotatable bonds is 2. The van der Waals surface area contributed by atoms with E-state index in [2.05, 4.69) is 49.7 Å². The Hall–Kier alpha value is -0.500. The molecule has 0 saturated heterocycles. The van der Waals surface area contributed by atoms with E-state index >= 15 is 0 Å². The van der Waals surface area contributed by atoms with E-state index in [-0.39, 0.29) is 37.7 Å². The molecular formula is C18H27ArN. The van der Waals surface area contributed by atoms with E-state index < -0.39 is 0 Å². The van der Waals surface area contributed by atoms with Crippen molar-refractivity contribution < 1.29 is 37.7 Å². The zero-order chi connectivity index (χ0) is 14.7. The summed E-state index contributed by atoms with van der Waals surface area (Å²) >= 11 is 0. The molecular weight excluding hydrogens is 270 g/mol. The number of H-pyrrole nitrogens is 1. The zero-order valence-corrected chi connectivity index (χ0v) is 14.0. The van der Waals surface area contributed by atoms with E-state index in [1.165, 1.54) is 17.4 Å². The number of aromatic amines is 1. The van der Waals surface area contributed by atoms with Crippen LogP contribution in [0.25, 0.3) is 23.1 Å². The molecule has 112 valence electrons. The summed E-state index contributed by atoms with van der Waals surface area (Å²) in [5, 5.41) is 1.25. The first-order valence-electron chi connectivity index (χ1n) is 7.14. The Balaban J connectivity index is 0. The van der Waals surface area contributed by atoms with Gasteiger partial charge in [-0.15, -0.1) is 0 Å². The molecule has 0 aliphatic heterocycles. The molecule has 2 aromatic rings. The van der Waals surface area contributed by atoms with Crippen LogP contribution in [0, 0.1) is 37.7 Å². The van der Waals surface area contributed by atoms with Crippen molar-refractivity contribution >= 4 is 23.1 Å². The largest absolute Gasteiger partial charge is 0.355 e. The summed E-state index contributed by atoms with van der Waals surface area (Å²) < 4.78 is 0. The van der Waals surface area contributed by atoms with Gasteiger partial charge < -0.3 is 4.98 Å². The third-order valence-electron chi connectivity index (χ3n) is 2.31. The van der Waals surface area contributed by atoms with Crippen LogP contribution in [-0.4, -0.2) is 4.98 Å². The third kappa shape index (κ3) is 6.30. The van der Waals surface area contributed by atoms with E-state index in [9.17, 15) is 0 Å². The quantitative estimate of drug-likeness (QED) is 0.670. The second-order valence-corrected chi connectivity index (χ2v) is 3.91. The van der Waals surface area contributed by atoms with Gasteiger partial charge in [0.15, 0.2) is 0 Å². The van der Waals surface area contributed by atoms with Crippen LogP contribution in [0.3, 0.4) is 0 Å². The average Bonchev–Trinajstić information content (AvgIpc) is 2.81. The van der Waals surface area contributed by atoms with E-state index in [4.69, 9.17) is 0 Å². The molecule has 0 aliphatic carbocycles. The minimum atomic E-state index is 0. The van der Waals surface area contributed by atoms with Crippen molar-refractivity contribution in [1.29, 1.82) is 0 Å². The summed E-state index contributed by atoms with van der Waals surface area (Å²) in [6.07, 6.45) is 7.26. The van der Waals surface area contributed by atoms with Crippen molar-refractivity contribution in [2.24, 2.45) is 0 Å². The van der Waals surface area contributed by atoms with E-state index in [0.717, 1.165) is 11.2 Å². The fourth-order valence-electron chi connectivity index (χ4n) is 1.69. The number of hydrogen-bond donors (Lipinski definition) is 1. The van der Waals surface area contributed by atoms with Crippen LogP contribution in [0.2, 0.25) is 0 Å². The molecule has 0 radical (unpaired) electrons. The second kappa shape index (κ2) is 13.5. The molecule has 1 N–H and O–H groups in total. The van der Waals surface area contributed by atoms with Crippen LogP contribution >= 0.6 is 0 Å². The van der Waals surface area contributed by atoms with Gasteiger partial charge in [0.25, 0.3) is 0 Å². The Bertz CT molecular complexity index is 509. The van der Waals surface area contributed by atoms with Gasteiger partial charge >= 0.3 is 0 Å². The monoisotopic (exact) mass is 297 g/mol. The van der Waals surface area contributed by atoms with Crippen molar-refractivity contribution in [3.05, 3.63) is 48.2 Å². The molecule has 0 saturated carbocycles. The Morgan fingerprint density at radius 3 is 2.20 bits per heavy atom. The van der Waals surface area contributed by atoms with E-state index in [1.54, 1.807) is 0 Å². The molecule has 1 nitrogen and oxygen atoms in total. The first-order valence-corrected chi connectivity index (χ1v) is 7.14. The molecule has 1 heterocycles. The van der Waals surface area contributed by atoms with Gasteiger partial charge in [0.2, 0.25) is 0 Å².